The van der Waals surface area contributed by atoms with Gasteiger partial charge < -0.3 is 5.32 Å². The van der Waals surface area contributed by atoms with E-state index in [1.54, 1.807) is 0 Å². The molecule has 0 radical (unpaired) electrons. The summed E-state index contributed by atoms with van der Waals surface area (Å²) < 4.78 is 2.27. The van der Waals surface area contributed by atoms with E-state index >= 15 is 0 Å². The normalized spacial score (nSPS) is 11.0. The highest BCUT2D eigenvalue weighted by molar-refractivity contribution is 9.10. The molecule has 0 fully saturated rings. The first-order valence-corrected chi connectivity index (χ1v) is 8.48. The standard InChI is InChI=1S/C17H19Br2N/c1-2-20-17(11-13-3-7-15(18)8-4-13)12-14-5-9-16(19)10-6-14/h3-10,17,20H,2,11-12H2,1H3. The third-order valence-electron chi connectivity index (χ3n) is 3.28. The fourth-order valence-corrected chi connectivity index (χ4v) is 2.84. The maximum atomic E-state index is 3.59. The molecule has 1 nitrogen and oxygen atoms in total. The van der Waals surface area contributed by atoms with Crippen LogP contribution >= 0.6 is 31.9 Å². The van der Waals surface area contributed by atoms with Crippen molar-refractivity contribution in [3.05, 3.63) is 68.6 Å². The van der Waals surface area contributed by atoms with Gasteiger partial charge in [-0.15, -0.1) is 0 Å². The number of hydrogen-bond acceptors (Lipinski definition) is 1. The minimum atomic E-state index is 0.474. The molecule has 0 unspecified atom stereocenters. The number of halogens is 2. The van der Waals surface area contributed by atoms with Gasteiger partial charge in [-0.25, -0.2) is 0 Å². The Kier molecular flexibility index (Phi) is 6.27. The first-order valence-electron chi connectivity index (χ1n) is 6.89. The number of rotatable bonds is 6. The molecule has 20 heavy (non-hydrogen) atoms. The highest BCUT2D eigenvalue weighted by Crippen LogP contribution is 2.15. The van der Waals surface area contributed by atoms with Crippen molar-refractivity contribution in [2.45, 2.75) is 25.8 Å². The van der Waals surface area contributed by atoms with Crippen LogP contribution in [0.5, 0.6) is 0 Å². The molecular weight excluding hydrogens is 378 g/mol. The van der Waals surface area contributed by atoms with Crippen LogP contribution < -0.4 is 5.32 Å². The summed E-state index contributed by atoms with van der Waals surface area (Å²) in [5.41, 5.74) is 2.74. The zero-order chi connectivity index (χ0) is 14.4. The van der Waals surface area contributed by atoms with E-state index in [4.69, 9.17) is 0 Å². The molecule has 0 aliphatic rings. The first kappa shape index (κ1) is 15.7. The molecule has 2 rings (SSSR count). The van der Waals surface area contributed by atoms with Gasteiger partial charge in [0.2, 0.25) is 0 Å². The van der Waals surface area contributed by atoms with Crippen molar-refractivity contribution in [2.75, 3.05) is 6.54 Å². The zero-order valence-corrected chi connectivity index (χ0v) is 14.7. The summed E-state index contributed by atoms with van der Waals surface area (Å²) in [5.74, 6) is 0. The fraction of sp³-hybridized carbons (Fsp3) is 0.294. The van der Waals surface area contributed by atoms with Gasteiger partial charge in [-0.3, -0.25) is 0 Å². The molecule has 0 atom stereocenters. The minimum absolute atomic E-state index is 0.474. The largest absolute Gasteiger partial charge is 0.314 e. The first-order chi connectivity index (χ1) is 9.67. The topological polar surface area (TPSA) is 12.0 Å². The average Bonchev–Trinajstić information content (AvgIpc) is 2.44. The average molecular weight is 397 g/mol. The van der Waals surface area contributed by atoms with Gasteiger partial charge in [-0.05, 0) is 54.8 Å². The molecule has 0 heterocycles. The summed E-state index contributed by atoms with van der Waals surface area (Å²) in [5, 5.41) is 3.59. The number of nitrogens with one attached hydrogen (secondary N) is 1. The fourth-order valence-electron chi connectivity index (χ4n) is 2.32. The molecule has 0 bridgehead atoms. The smallest absolute Gasteiger partial charge is 0.0175 e. The second kappa shape index (κ2) is 7.96. The van der Waals surface area contributed by atoms with Crippen LogP contribution in [-0.2, 0) is 12.8 Å². The van der Waals surface area contributed by atoms with Crippen LogP contribution in [0, 0.1) is 0 Å². The Labute approximate surface area is 138 Å². The molecule has 106 valence electrons. The summed E-state index contributed by atoms with van der Waals surface area (Å²) in [6.07, 6.45) is 2.11. The molecule has 0 aromatic heterocycles. The van der Waals surface area contributed by atoms with Crippen LogP contribution in [0.3, 0.4) is 0 Å². The Hall–Kier alpha value is -0.640. The van der Waals surface area contributed by atoms with Gasteiger partial charge in [-0.2, -0.15) is 0 Å². The van der Waals surface area contributed by atoms with E-state index in [0.717, 1.165) is 28.3 Å². The molecular formula is C17H19Br2N. The number of likely N-dealkylation sites (N-methyl/N-ethyl adjacent to an activating group) is 1. The van der Waals surface area contributed by atoms with E-state index in [1.807, 2.05) is 0 Å². The number of hydrogen-bond donors (Lipinski definition) is 1. The predicted molar refractivity (Wildman–Crippen MR) is 93.2 cm³/mol. The lowest BCUT2D eigenvalue weighted by Crippen LogP contribution is -2.33. The van der Waals surface area contributed by atoms with Crippen LogP contribution in [0.1, 0.15) is 18.1 Å². The molecule has 0 amide bonds. The maximum absolute atomic E-state index is 3.59. The van der Waals surface area contributed by atoms with E-state index in [2.05, 4.69) is 92.6 Å². The summed E-state index contributed by atoms with van der Waals surface area (Å²) in [6, 6.07) is 17.7. The highest BCUT2D eigenvalue weighted by atomic mass is 79.9. The molecule has 1 N–H and O–H groups in total. The van der Waals surface area contributed by atoms with Crippen molar-refractivity contribution in [3.63, 3.8) is 0 Å². The van der Waals surface area contributed by atoms with Crippen molar-refractivity contribution in [2.24, 2.45) is 0 Å². The van der Waals surface area contributed by atoms with Crippen molar-refractivity contribution in [1.82, 2.24) is 5.32 Å². The van der Waals surface area contributed by atoms with Crippen LogP contribution in [-0.4, -0.2) is 12.6 Å². The SMILES string of the molecule is CCNC(Cc1ccc(Br)cc1)Cc1ccc(Br)cc1. The maximum Gasteiger partial charge on any atom is 0.0175 e. The third-order valence-corrected chi connectivity index (χ3v) is 4.34. The van der Waals surface area contributed by atoms with E-state index in [0.29, 0.717) is 6.04 Å². The van der Waals surface area contributed by atoms with Gasteiger partial charge in [0.15, 0.2) is 0 Å². The van der Waals surface area contributed by atoms with Gasteiger partial charge in [0.1, 0.15) is 0 Å². The molecule has 0 saturated carbocycles. The summed E-state index contributed by atoms with van der Waals surface area (Å²) in [6.45, 7) is 3.16. The summed E-state index contributed by atoms with van der Waals surface area (Å²) >= 11 is 6.97. The summed E-state index contributed by atoms with van der Waals surface area (Å²) in [4.78, 5) is 0. The Morgan fingerprint density at radius 3 is 1.55 bits per heavy atom. The molecule has 2 aromatic carbocycles. The third kappa shape index (κ3) is 5.04. The van der Waals surface area contributed by atoms with Crippen molar-refractivity contribution >= 4 is 31.9 Å². The zero-order valence-electron chi connectivity index (χ0n) is 11.6. The number of benzene rings is 2. The quantitative estimate of drug-likeness (QED) is 0.726. The minimum Gasteiger partial charge on any atom is -0.314 e. The van der Waals surface area contributed by atoms with Crippen LogP contribution in [0.25, 0.3) is 0 Å². The van der Waals surface area contributed by atoms with Gasteiger partial charge >= 0.3 is 0 Å². The molecule has 2 aromatic rings. The Morgan fingerprint density at radius 2 is 1.20 bits per heavy atom. The van der Waals surface area contributed by atoms with Crippen molar-refractivity contribution < 1.29 is 0 Å². The van der Waals surface area contributed by atoms with E-state index in [1.165, 1.54) is 11.1 Å². The monoisotopic (exact) mass is 395 g/mol. The Balaban J connectivity index is 2.02. The molecule has 0 aliphatic carbocycles. The molecule has 3 heteroatoms. The Morgan fingerprint density at radius 1 is 0.800 bits per heavy atom. The van der Waals surface area contributed by atoms with Gasteiger partial charge in [0.25, 0.3) is 0 Å². The highest BCUT2D eigenvalue weighted by Gasteiger charge is 2.09. The van der Waals surface area contributed by atoms with Gasteiger partial charge in [-0.1, -0.05) is 63.0 Å². The van der Waals surface area contributed by atoms with Gasteiger partial charge in [0, 0.05) is 15.0 Å². The molecule has 0 saturated heterocycles. The van der Waals surface area contributed by atoms with E-state index in [9.17, 15) is 0 Å². The van der Waals surface area contributed by atoms with E-state index < -0.39 is 0 Å². The van der Waals surface area contributed by atoms with Crippen LogP contribution in [0.2, 0.25) is 0 Å². The van der Waals surface area contributed by atoms with Crippen molar-refractivity contribution in [3.8, 4) is 0 Å². The van der Waals surface area contributed by atoms with Crippen LogP contribution in [0.15, 0.2) is 57.5 Å². The second-order valence-corrected chi connectivity index (χ2v) is 6.75. The van der Waals surface area contributed by atoms with Crippen LogP contribution in [0.4, 0.5) is 0 Å². The molecule has 0 spiro atoms. The molecule has 0 aliphatic heterocycles. The lowest BCUT2D eigenvalue weighted by Gasteiger charge is -2.18. The van der Waals surface area contributed by atoms with Gasteiger partial charge in [0.05, 0.1) is 0 Å². The van der Waals surface area contributed by atoms with Crippen molar-refractivity contribution in [1.29, 1.82) is 0 Å². The lowest BCUT2D eigenvalue weighted by atomic mass is 9.99. The predicted octanol–water partition coefficient (Wildman–Crippen LogP) is 4.97. The lowest BCUT2D eigenvalue weighted by molar-refractivity contribution is 0.521. The van der Waals surface area contributed by atoms with E-state index in [-0.39, 0.29) is 0 Å². The summed E-state index contributed by atoms with van der Waals surface area (Å²) in [7, 11) is 0. The second-order valence-electron chi connectivity index (χ2n) is 4.92. The Bertz CT molecular complexity index is 472.